The van der Waals surface area contributed by atoms with Crippen LogP contribution in [-0.4, -0.2) is 0 Å². The van der Waals surface area contributed by atoms with Crippen LogP contribution in [0.1, 0.15) is 50.7 Å². The lowest BCUT2D eigenvalue weighted by Crippen LogP contribution is -1.91. The molecule has 0 aromatic heterocycles. The summed E-state index contributed by atoms with van der Waals surface area (Å²) in [6.07, 6.45) is 9.72. The Morgan fingerprint density at radius 1 is 1.12 bits per heavy atom. The predicted molar refractivity (Wildman–Crippen MR) is 73.5 cm³/mol. The van der Waals surface area contributed by atoms with Gasteiger partial charge in [-0.3, -0.25) is 0 Å². The van der Waals surface area contributed by atoms with Gasteiger partial charge >= 0.3 is 0 Å². The Balaban J connectivity index is 2.29. The highest BCUT2D eigenvalue weighted by atomic mass is 14.0. The lowest BCUT2D eigenvalue weighted by atomic mass is 10.00. The van der Waals surface area contributed by atoms with Gasteiger partial charge in [0.25, 0.3) is 0 Å². The molecule has 0 amide bonds. The van der Waals surface area contributed by atoms with Crippen molar-refractivity contribution >= 4 is 6.08 Å². The molecule has 1 aromatic carbocycles. The Morgan fingerprint density at radius 2 is 1.81 bits per heavy atom. The fourth-order valence-electron chi connectivity index (χ4n) is 1.91. The van der Waals surface area contributed by atoms with Crippen LogP contribution in [0, 0.1) is 12.8 Å². The van der Waals surface area contributed by atoms with Crippen molar-refractivity contribution in [3.63, 3.8) is 0 Å². The summed E-state index contributed by atoms with van der Waals surface area (Å²) >= 11 is 0. The summed E-state index contributed by atoms with van der Waals surface area (Å²) in [5, 5.41) is 0. The zero-order valence-corrected chi connectivity index (χ0v) is 10.9. The van der Waals surface area contributed by atoms with Crippen LogP contribution in [0.15, 0.2) is 30.3 Å². The highest BCUT2D eigenvalue weighted by Gasteiger charge is 1.97. The molecule has 1 unspecified atom stereocenters. The van der Waals surface area contributed by atoms with Gasteiger partial charge in [-0.1, -0.05) is 68.7 Å². The van der Waals surface area contributed by atoms with E-state index in [2.05, 4.69) is 57.2 Å². The van der Waals surface area contributed by atoms with E-state index in [0.29, 0.717) is 0 Å². The van der Waals surface area contributed by atoms with E-state index in [9.17, 15) is 0 Å². The molecule has 0 heteroatoms. The first-order valence-corrected chi connectivity index (χ1v) is 6.45. The first-order valence-electron chi connectivity index (χ1n) is 6.45. The second kappa shape index (κ2) is 7.27. The van der Waals surface area contributed by atoms with Crippen LogP contribution in [0.2, 0.25) is 0 Å². The summed E-state index contributed by atoms with van der Waals surface area (Å²) in [5.41, 5.74) is 2.64. The smallest absolute Gasteiger partial charge is 0.0260 e. The van der Waals surface area contributed by atoms with E-state index in [1.54, 1.807) is 0 Å². The van der Waals surface area contributed by atoms with Gasteiger partial charge in [-0.2, -0.15) is 0 Å². The van der Waals surface area contributed by atoms with Crippen molar-refractivity contribution < 1.29 is 0 Å². The number of hydrogen-bond acceptors (Lipinski definition) is 0. The van der Waals surface area contributed by atoms with E-state index in [-0.39, 0.29) is 0 Å². The third-order valence-electron chi connectivity index (χ3n) is 3.00. The first kappa shape index (κ1) is 13.0. The minimum absolute atomic E-state index is 0.868. The summed E-state index contributed by atoms with van der Waals surface area (Å²) in [4.78, 5) is 0. The van der Waals surface area contributed by atoms with Crippen LogP contribution >= 0.6 is 0 Å². The Hall–Kier alpha value is -1.04. The maximum Gasteiger partial charge on any atom is -0.0260 e. The summed E-state index contributed by atoms with van der Waals surface area (Å²) in [7, 11) is 0. The molecular weight excluding hydrogens is 192 g/mol. The molecule has 0 nitrogen and oxygen atoms in total. The molecule has 88 valence electrons. The summed E-state index contributed by atoms with van der Waals surface area (Å²) in [5.74, 6) is 0.868. The summed E-state index contributed by atoms with van der Waals surface area (Å²) in [6, 6.07) is 8.70. The maximum absolute atomic E-state index is 2.35. The van der Waals surface area contributed by atoms with Crippen LogP contribution in [0.5, 0.6) is 0 Å². The van der Waals surface area contributed by atoms with E-state index < -0.39 is 0 Å². The normalized spacial score (nSPS) is 13.2. The number of hydrogen-bond donors (Lipinski definition) is 0. The molecule has 0 aliphatic heterocycles. The molecule has 0 radical (unpaired) electrons. The van der Waals surface area contributed by atoms with Crippen molar-refractivity contribution in [3.8, 4) is 0 Å². The van der Waals surface area contributed by atoms with Gasteiger partial charge in [0, 0.05) is 0 Å². The van der Waals surface area contributed by atoms with E-state index in [1.165, 1.54) is 36.8 Å². The average Bonchev–Trinajstić information content (AvgIpc) is 2.27. The molecule has 1 atom stereocenters. The Labute approximate surface area is 100 Å². The van der Waals surface area contributed by atoms with Crippen LogP contribution in [-0.2, 0) is 0 Å². The van der Waals surface area contributed by atoms with Gasteiger partial charge in [0.2, 0.25) is 0 Å². The third kappa shape index (κ3) is 5.16. The van der Waals surface area contributed by atoms with E-state index >= 15 is 0 Å². The Kier molecular flexibility index (Phi) is 5.92. The molecule has 0 N–H and O–H groups in total. The Bertz CT molecular complexity index is 305. The standard InChI is InChI=1S/C16H24/c1-4-7-14(2)8-5-6-9-16-12-10-15(3)11-13-16/h6,9-14H,4-5,7-8H2,1-3H3/b9-6-. The number of allylic oxidation sites excluding steroid dienone is 1. The van der Waals surface area contributed by atoms with Gasteiger partial charge in [0.1, 0.15) is 0 Å². The lowest BCUT2D eigenvalue weighted by Gasteiger charge is -2.06. The molecule has 0 aliphatic carbocycles. The molecule has 0 saturated carbocycles. The molecule has 0 bridgehead atoms. The predicted octanol–water partition coefficient (Wildman–Crippen LogP) is 5.22. The third-order valence-corrected chi connectivity index (χ3v) is 3.00. The molecule has 1 aromatic rings. The number of aryl methyl sites for hydroxylation is 1. The van der Waals surface area contributed by atoms with Crippen molar-refractivity contribution in [1.82, 2.24) is 0 Å². The van der Waals surface area contributed by atoms with Crippen LogP contribution < -0.4 is 0 Å². The van der Waals surface area contributed by atoms with Gasteiger partial charge in [-0.25, -0.2) is 0 Å². The highest BCUT2D eigenvalue weighted by Crippen LogP contribution is 2.13. The van der Waals surface area contributed by atoms with Crippen molar-refractivity contribution in [2.45, 2.75) is 46.5 Å². The highest BCUT2D eigenvalue weighted by molar-refractivity contribution is 5.49. The molecule has 0 saturated heterocycles. The topological polar surface area (TPSA) is 0 Å². The zero-order chi connectivity index (χ0) is 11.8. The minimum atomic E-state index is 0.868. The van der Waals surface area contributed by atoms with Gasteiger partial charge in [0.05, 0.1) is 0 Å². The molecule has 0 aliphatic rings. The van der Waals surface area contributed by atoms with Gasteiger partial charge < -0.3 is 0 Å². The molecule has 1 rings (SSSR count). The quantitative estimate of drug-likeness (QED) is 0.611. The van der Waals surface area contributed by atoms with Gasteiger partial charge in [-0.05, 0) is 31.2 Å². The maximum atomic E-state index is 2.35. The Morgan fingerprint density at radius 3 is 2.44 bits per heavy atom. The van der Waals surface area contributed by atoms with Gasteiger partial charge in [-0.15, -0.1) is 0 Å². The zero-order valence-electron chi connectivity index (χ0n) is 10.9. The number of benzene rings is 1. The lowest BCUT2D eigenvalue weighted by molar-refractivity contribution is 0.491. The molecular formula is C16H24. The van der Waals surface area contributed by atoms with Crippen LogP contribution in [0.25, 0.3) is 6.08 Å². The van der Waals surface area contributed by atoms with Crippen molar-refractivity contribution in [1.29, 1.82) is 0 Å². The average molecular weight is 216 g/mol. The van der Waals surface area contributed by atoms with Crippen molar-refractivity contribution in [2.75, 3.05) is 0 Å². The first-order chi connectivity index (χ1) is 7.72. The molecule has 16 heavy (non-hydrogen) atoms. The summed E-state index contributed by atoms with van der Waals surface area (Å²) in [6.45, 7) is 6.74. The second-order valence-electron chi connectivity index (χ2n) is 4.78. The van der Waals surface area contributed by atoms with Crippen molar-refractivity contribution in [3.05, 3.63) is 41.5 Å². The largest absolute Gasteiger partial charge is 0.0839 e. The summed E-state index contributed by atoms with van der Waals surface area (Å²) < 4.78 is 0. The SMILES string of the molecule is CCCC(C)CC/C=C\c1ccc(C)cc1. The van der Waals surface area contributed by atoms with Crippen LogP contribution in [0.3, 0.4) is 0 Å². The minimum Gasteiger partial charge on any atom is -0.0839 e. The molecule has 0 spiro atoms. The van der Waals surface area contributed by atoms with Gasteiger partial charge in [0.15, 0.2) is 0 Å². The fraction of sp³-hybridized carbons (Fsp3) is 0.500. The fourth-order valence-corrected chi connectivity index (χ4v) is 1.91. The van der Waals surface area contributed by atoms with E-state index in [0.717, 1.165) is 5.92 Å². The number of rotatable bonds is 6. The van der Waals surface area contributed by atoms with E-state index in [4.69, 9.17) is 0 Å². The van der Waals surface area contributed by atoms with E-state index in [1.807, 2.05) is 0 Å². The molecule has 0 fully saturated rings. The van der Waals surface area contributed by atoms with Crippen molar-refractivity contribution in [2.24, 2.45) is 5.92 Å². The monoisotopic (exact) mass is 216 g/mol. The molecule has 0 heterocycles. The van der Waals surface area contributed by atoms with Crippen LogP contribution in [0.4, 0.5) is 0 Å². The second-order valence-corrected chi connectivity index (χ2v) is 4.78.